The molecule has 2 saturated heterocycles. The van der Waals surface area contributed by atoms with Crippen LogP contribution in [0.3, 0.4) is 0 Å². The standard InChI is InChI=1S/C9H12O4.C8H10O4/c1-2-3-4-8(10)13-7-5-9(11)12-6-7;1-2-3-7(9)12-6-4-8(10)11-5-6/h2-3,7H,4-6H2,1H3;2,6H,1,3-5H2/b3-2-;/t7-;6-/m00/s1. The lowest BCUT2D eigenvalue weighted by Crippen LogP contribution is -2.17. The Morgan fingerprint density at radius 3 is 1.88 bits per heavy atom. The van der Waals surface area contributed by atoms with Crippen molar-refractivity contribution >= 4 is 23.9 Å². The Kier molecular flexibility index (Phi) is 8.99. The Hall–Kier alpha value is -2.64. The molecule has 138 valence electrons. The average molecular weight is 354 g/mol. The third-order valence-corrected chi connectivity index (χ3v) is 3.08. The van der Waals surface area contributed by atoms with Crippen molar-refractivity contribution in [3.05, 3.63) is 24.8 Å². The second kappa shape index (κ2) is 11.0. The van der Waals surface area contributed by atoms with Gasteiger partial charge in [-0.3, -0.25) is 19.2 Å². The SMILES string of the molecule is C/C=C\CC(=O)O[C@@H]1COC(=O)C1.C=CCC(=O)O[C@@H]1COC(=O)C1. The van der Waals surface area contributed by atoms with Crippen molar-refractivity contribution in [2.75, 3.05) is 13.2 Å². The molecular weight excluding hydrogens is 332 g/mol. The molecule has 8 heteroatoms. The first-order valence-corrected chi connectivity index (χ1v) is 7.86. The number of carbonyl (C=O) groups is 4. The monoisotopic (exact) mass is 354 g/mol. The third kappa shape index (κ3) is 8.69. The molecule has 0 saturated carbocycles. The van der Waals surface area contributed by atoms with E-state index in [2.05, 4.69) is 16.1 Å². The van der Waals surface area contributed by atoms with Crippen LogP contribution in [0.5, 0.6) is 0 Å². The van der Waals surface area contributed by atoms with Crippen molar-refractivity contribution in [2.24, 2.45) is 0 Å². The highest BCUT2D eigenvalue weighted by molar-refractivity contribution is 5.75. The molecule has 0 aromatic rings. The summed E-state index contributed by atoms with van der Waals surface area (Å²) in [5, 5.41) is 0. The zero-order valence-corrected chi connectivity index (χ0v) is 14.1. The van der Waals surface area contributed by atoms with E-state index in [0.717, 1.165) is 0 Å². The minimum atomic E-state index is -0.398. The summed E-state index contributed by atoms with van der Waals surface area (Å²) < 4.78 is 19.1. The van der Waals surface area contributed by atoms with Crippen LogP contribution in [-0.2, 0) is 38.1 Å². The van der Waals surface area contributed by atoms with Gasteiger partial charge in [0.1, 0.15) is 25.4 Å². The maximum absolute atomic E-state index is 11.0. The Balaban J connectivity index is 0.000000251. The van der Waals surface area contributed by atoms with Gasteiger partial charge in [-0.05, 0) is 6.92 Å². The summed E-state index contributed by atoms with van der Waals surface area (Å²) in [5.41, 5.74) is 0. The lowest BCUT2D eigenvalue weighted by molar-refractivity contribution is -0.148. The number of cyclic esters (lactones) is 2. The van der Waals surface area contributed by atoms with E-state index in [0.29, 0.717) is 0 Å². The first kappa shape index (κ1) is 20.4. The zero-order valence-electron chi connectivity index (χ0n) is 14.1. The number of esters is 4. The van der Waals surface area contributed by atoms with Crippen molar-refractivity contribution in [3.63, 3.8) is 0 Å². The molecule has 2 fully saturated rings. The second-order valence-corrected chi connectivity index (χ2v) is 5.26. The molecular formula is C17H22O8. The second-order valence-electron chi connectivity index (χ2n) is 5.26. The molecule has 0 aromatic heterocycles. The summed E-state index contributed by atoms with van der Waals surface area (Å²) in [7, 11) is 0. The largest absolute Gasteiger partial charge is 0.462 e. The molecule has 0 spiro atoms. The Labute approximate surface area is 145 Å². The summed E-state index contributed by atoms with van der Waals surface area (Å²) in [6, 6.07) is 0. The van der Waals surface area contributed by atoms with E-state index in [4.69, 9.17) is 9.47 Å². The van der Waals surface area contributed by atoms with Gasteiger partial charge < -0.3 is 18.9 Å². The fourth-order valence-electron chi connectivity index (χ4n) is 1.93. The fourth-order valence-corrected chi connectivity index (χ4v) is 1.93. The molecule has 0 radical (unpaired) electrons. The molecule has 0 amide bonds. The predicted octanol–water partition coefficient (Wildman–Crippen LogP) is 1.23. The van der Waals surface area contributed by atoms with E-state index >= 15 is 0 Å². The number of hydrogen-bond donors (Lipinski definition) is 0. The highest BCUT2D eigenvalue weighted by atomic mass is 16.6. The topological polar surface area (TPSA) is 105 Å². The molecule has 0 aromatic carbocycles. The summed E-state index contributed by atoms with van der Waals surface area (Å²) in [4.78, 5) is 43.1. The number of carbonyl (C=O) groups excluding carboxylic acids is 4. The van der Waals surface area contributed by atoms with Crippen LogP contribution in [0.15, 0.2) is 24.8 Å². The highest BCUT2D eigenvalue weighted by Crippen LogP contribution is 2.11. The molecule has 2 aliphatic heterocycles. The highest BCUT2D eigenvalue weighted by Gasteiger charge is 2.27. The number of rotatable bonds is 6. The van der Waals surface area contributed by atoms with Gasteiger partial charge in [0.25, 0.3) is 0 Å². The molecule has 8 nitrogen and oxygen atoms in total. The molecule has 0 bridgehead atoms. The van der Waals surface area contributed by atoms with Gasteiger partial charge in [0, 0.05) is 0 Å². The van der Waals surface area contributed by atoms with Crippen LogP contribution in [0.25, 0.3) is 0 Å². The minimum absolute atomic E-state index is 0.170. The van der Waals surface area contributed by atoms with Gasteiger partial charge in [0.15, 0.2) is 0 Å². The molecule has 2 rings (SSSR count). The van der Waals surface area contributed by atoms with Crippen molar-refractivity contribution in [1.29, 1.82) is 0 Å². The smallest absolute Gasteiger partial charge is 0.310 e. The Morgan fingerprint density at radius 2 is 1.52 bits per heavy atom. The molecule has 0 aliphatic carbocycles. The van der Waals surface area contributed by atoms with Crippen LogP contribution >= 0.6 is 0 Å². The predicted molar refractivity (Wildman–Crippen MR) is 85.2 cm³/mol. The Bertz CT molecular complexity index is 537. The molecule has 25 heavy (non-hydrogen) atoms. The molecule has 2 aliphatic rings. The lowest BCUT2D eigenvalue weighted by Gasteiger charge is -2.06. The van der Waals surface area contributed by atoms with Crippen molar-refractivity contribution in [1.82, 2.24) is 0 Å². The van der Waals surface area contributed by atoms with E-state index in [9.17, 15) is 19.2 Å². The van der Waals surface area contributed by atoms with Gasteiger partial charge in [0.05, 0.1) is 25.7 Å². The first-order chi connectivity index (χ1) is 11.9. The van der Waals surface area contributed by atoms with Crippen molar-refractivity contribution in [3.8, 4) is 0 Å². The first-order valence-electron chi connectivity index (χ1n) is 7.86. The van der Waals surface area contributed by atoms with E-state index < -0.39 is 6.10 Å². The van der Waals surface area contributed by atoms with Crippen LogP contribution < -0.4 is 0 Å². The molecule has 0 unspecified atom stereocenters. The van der Waals surface area contributed by atoms with Gasteiger partial charge in [-0.1, -0.05) is 18.2 Å². The Morgan fingerprint density at radius 1 is 1.04 bits per heavy atom. The molecule has 2 heterocycles. The van der Waals surface area contributed by atoms with Crippen LogP contribution in [0.1, 0.15) is 32.6 Å². The average Bonchev–Trinajstić information content (AvgIpc) is 3.14. The number of allylic oxidation sites excluding steroid dienone is 1. The van der Waals surface area contributed by atoms with Gasteiger partial charge in [-0.2, -0.15) is 0 Å². The van der Waals surface area contributed by atoms with E-state index in [-0.39, 0.29) is 68.9 Å². The maximum Gasteiger partial charge on any atom is 0.310 e. The van der Waals surface area contributed by atoms with E-state index in [1.54, 1.807) is 12.2 Å². The summed E-state index contributed by atoms with van der Waals surface area (Å²) >= 11 is 0. The summed E-state index contributed by atoms with van der Waals surface area (Å²) in [5.74, 6) is -1.30. The third-order valence-electron chi connectivity index (χ3n) is 3.08. The normalized spacial score (nSPS) is 21.8. The van der Waals surface area contributed by atoms with Gasteiger partial charge in [0.2, 0.25) is 0 Å². The van der Waals surface area contributed by atoms with E-state index in [1.807, 2.05) is 6.92 Å². The number of hydrogen-bond acceptors (Lipinski definition) is 8. The van der Waals surface area contributed by atoms with Crippen molar-refractivity contribution < 1.29 is 38.1 Å². The maximum atomic E-state index is 11.0. The fraction of sp³-hybridized carbons (Fsp3) is 0.529. The van der Waals surface area contributed by atoms with Crippen LogP contribution in [0.2, 0.25) is 0 Å². The van der Waals surface area contributed by atoms with Gasteiger partial charge >= 0.3 is 23.9 Å². The van der Waals surface area contributed by atoms with E-state index in [1.165, 1.54) is 6.08 Å². The van der Waals surface area contributed by atoms with Crippen LogP contribution in [0, 0.1) is 0 Å². The minimum Gasteiger partial charge on any atom is -0.462 e. The molecule has 0 N–H and O–H groups in total. The van der Waals surface area contributed by atoms with Gasteiger partial charge in [-0.15, -0.1) is 6.58 Å². The lowest BCUT2D eigenvalue weighted by atomic mass is 10.3. The van der Waals surface area contributed by atoms with Gasteiger partial charge in [-0.25, -0.2) is 0 Å². The summed E-state index contributed by atoms with van der Waals surface area (Å²) in [6.07, 6.45) is 4.93. The quantitative estimate of drug-likeness (QED) is 0.398. The number of ether oxygens (including phenoxy) is 4. The zero-order chi connectivity index (χ0) is 18.7. The van der Waals surface area contributed by atoms with Crippen LogP contribution in [0.4, 0.5) is 0 Å². The van der Waals surface area contributed by atoms with Crippen molar-refractivity contribution in [2.45, 2.75) is 44.8 Å². The van der Waals surface area contributed by atoms with Crippen LogP contribution in [-0.4, -0.2) is 49.3 Å². The molecule has 2 atom stereocenters. The summed E-state index contributed by atoms with van der Waals surface area (Å²) in [6.45, 7) is 5.60.